The van der Waals surface area contributed by atoms with Gasteiger partial charge in [0.25, 0.3) is 5.91 Å². The fourth-order valence-corrected chi connectivity index (χ4v) is 4.70. The molecule has 2 rings (SSSR count). The van der Waals surface area contributed by atoms with Crippen molar-refractivity contribution in [3.63, 3.8) is 0 Å². The van der Waals surface area contributed by atoms with Crippen LogP contribution in [0, 0.1) is 0 Å². The van der Waals surface area contributed by atoms with Crippen molar-refractivity contribution in [3.05, 3.63) is 46.7 Å². The zero-order chi connectivity index (χ0) is 20.0. The average Bonchev–Trinajstić information content (AvgIpc) is 3.13. The van der Waals surface area contributed by atoms with Crippen LogP contribution in [0.25, 0.3) is 0 Å². The Hall–Kier alpha value is -1.74. The van der Waals surface area contributed by atoms with Crippen LogP contribution >= 0.6 is 11.3 Å². The van der Waals surface area contributed by atoms with Gasteiger partial charge in [-0.2, -0.15) is 4.31 Å². The maximum absolute atomic E-state index is 12.5. The van der Waals surface area contributed by atoms with Crippen LogP contribution in [0.4, 0.5) is 5.69 Å². The van der Waals surface area contributed by atoms with Gasteiger partial charge in [-0.25, -0.2) is 8.42 Å². The van der Waals surface area contributed by atoms with Gasteiger partial charge in [0, 0.05) is 18.8 Å². The molecule has 0 bridgehead atoms. The summed E-state index contributed by atoms with van der Waals surface area (Å²) in [5, 5.41) is 4.89. The van der Waals surface area contributed by atoms with Crippen molar-refractivity contribution >= 4 is 33.0 Å². The number of anilines is 1. The van der Waals surface area contributed by atoms with Gasteiger partial charge in [-0.1, -0.05) is 6.07 Å². The fraction of sp³-hybridized carbons (Fsp3) is 0.421. The SMILES string of the molecule is CC[NH+](CC(=O)Nc1ccc(S(=O)(=O)N(C)C(C)C)cc1)Cc1cccs1. The zero-order valence-electron chi connectivity index (χ0n) is 16.2. The molecule has 8 heteroatoms. The third kappa shape index (κ3) is 5.87. The van der Waals surface area contributed by atoms with Crippen LogP contribution in [0.15, 0.2) is 46.7 Å². The molecular weight excluding hydrogens is 382 g/mol. The van der Waals surface area contributed by atoms with Crippen LogP contribution in [0.5, 0.6) is 0 Å². The van der Waals surface area contributed by atoms with Crippen LogP contribution in [-0.2, 0) is 21.4 Å². The second-order valence-electron chi connectivity index (χ2n) is 6.72. The minimum atomic E-state index is -3.52. The van der Waals surface area contributed by atoms with Crippen molar-refractivity contribution < 1.29 is 18.1 Å². The molecule has 1 unspecified atom stereocenters. The van der Waals surface area contributed by atoms with Crippen LogP contribution < -0.4 is 10.2 Å². The van der Waals surface area contributed by atoms with Gasteiger partial charge in [-0.3, -0.25) is 4.79 Å². The summed E-state index contributed by atoms with van der Waals surface area (Å²) in [5.41, 5.74) is 0.595. The maximum atomic E-state index is 12.5. The first-order chi connectivity index (χ1) is 12.7. The Bertz CT molecular complexity index is 832. The van der Waals surface area contributed by atoms with E-state index in [1.165, 1.54) is 26.2 Å². The highest BCUT2D eigenvalue weighted by Gasteiger charge is 2.23. The van der Waals surface area contributed by atoms with E-state index in [1.807, 2.05) is 25.3 Å². The van der Waals surface area contributed by atoms with E-state index < -0.39 is 10.0 Å². The molecular formula is C19H28N3O3S2+. The number of nitrogens with one attached hydrogen (secondary N) is 2. The van der Waals surface area contributed by atoms with E-state index in [4.69, 9.17) is 0 Å². The van der Waals surface area contributed by atoms with E-state index in [-0.39, 0.29) is 16.8 Å². The van der Waals surface area contributed by atoms with Crippen molar-refractivity contribution in [2.45, 2.75) is 38.3 Å². The summed E-state index contributed by atoms with van der Waals surface area (Å²) in [4.78, 5) is 15.0. The number of benzene rings is 1. The molecule has 1 aromatic carbocycles. The predicted molar refractivity (Wildman–Crippen MR) is 110 cm³/mol. The first kappa shape index (κ1) is 21.6. The standard InChI is InChI=1S/C19H27N3O3S2/c1-5-22(13-17-7-6-12-26-17)14-19(23)20-16-8-10-18(11-9-16)27(24,25)21(4)15(2)3/h6-12,15H,5,13-14H2,1-4H3,(H,20,23)/p+1. The molecule has 0 spiro atoms. The summed E-state index contributed by atoms with van der Waals surface area (Å²) in [6, 6.07) is 10.3. The lowest BCUT2D eigenvalue weighted by Crippen LogP contribution is -3.11. The number of quaternary nitrogens is 1. The monoisotopic (exact) mass is 410 g/mol. The highest BCUT2D eigenvalue weighted by Crippen LogP contribution is 2.18. The van der Waals surface area contributed by atoms with Crippen LogP contribution in [0.1, 0.15) is 25.6 Å². The van der Waals surface area contributed by atoms with Gasteiger partial charge in [0.2, 0.25) is 10.0 Å². The number of thiophene rings is 1. The van der Waals surface area contributed by atoms with Gasteiger partial charge >= 0.3 is 0 Å². The predicted octanol–water partition coefficient (Wildman–Crippen LogP) is 1.82. The topological polar surface area (TPSA) is 70.9 Å². The Morgan fingerprint density at radius 3 is 2.41 bits per heavy atom. The zero-order valence-corrected chi connectivity index (χ0v) is 17.9. The molecule has 0 aliphatic rings. The summed E-state index contributed by atoms with van der Waals surface area (Å²) >= 11 is 1.69. The Labute approximate surface area is 165 Å². The van der Waals surface area contributed by atoms with Gasteiger partial charge in [0.15, 0.2) is 6.54 Å². The Balaban J connectivity index is 1.98. The molecule has 0 aliphatic carbocycles. The number of rotatable bonds is 9. The molecule has 1 amide bonds. The number of carbonyl (C=O) groups excluding carboxylic acids is 1. The van der Waals surface area contributed by atoms with E-state index in [2.05, 4.69) is 18.3 Å². The van der Waals surface area contributed by atoms with Crippen LogP contribution in [0.3, 0.4) is 0 Å². The van der Waals surface area contributed by atoms with E-state index in [9.17, 15) is 13.2 Å². The third-order valence-corrected chi connectivity index (χ3v) is 7.38. The number of amides is 1. The maximum Gasteiger partial charge on any atom is 0.279 e. The highest BCUT2D eigenvalue weighted by atomic mass is 32.2. The number of carbonyl (C=O) groups is 1. The number of hydrogen-bond acceptors (Lipinski definition) is 4. The highest BCUT2D eigenvalue weighted by molar-refractivity contribution is 7.89. The number of nitrogens with zero attached hydrogens (tertiary/aromatic N) is 1. The van der Waals surface area contributed by atoms with E-state index in [1.54, 1.807) is 30.5 Å². The molecule has 1 aromatic heterocycles. The molecule has 2 N–H and O–H groups in total. The van der Waals surface area contributed by atoms with Gasteiger partial charge in [-0.05, 0) is 56.5 Å². The van der Waals surface area contributed by atoms with Crippen molar-refractivity contribution in [2.75, 3.05) is 25.5 Å². The molecule has 1 atom stereocenters. The minimum Gasteiger partial charge on any atom is -0.323 e. The van der Waals surface area contributed by atoms with Gasteiger partial charge < -0.3 is 10.2 Å². The molecule has 6 nitrogen and oxygen atoms in total. The normalized spacial score (nSPS) is 13.1. The quantitative estimate of drug-likeness (QED) is 0.662. The molecule has 1 heterocycles. The molecule has 0 saturated heterocycles. The van der Waals surface area contributed by atoms with Gasteiger partial charge in [0.1, 0.15) is 6.54 Å². The lowest BCUT2D eigenvalue weighted by Gasteiger charge is -2.21. The third-order valence-electron chi connectivity index (χ3n) is 4.46. The first-order valence-corrected chi connectivity index (χ1v) is 11.3. The van der Waals surface area contributed by atoms with Crippen LogP contribution in [-0.4, -0.2) is 44.8 Å². The second kappa shape index (κ2) is 9.45. The van der Waals surface area contributed by atoms with Crippen LogP contribution in [0.2, 0.25) is 0 Å². The van der Waals surface area contributed by atoms with E-state index >= 15 is 0 Å². The summed E-state index contributed by atoms with van der Waals surface area (Å²) in [6.07, 6.45) is 0. The van der Waals surface area contributed by atoms with Gasteiger partial charge in [-0.15, -0.1) is 11.3 Å². The Kier molecular flexibility index (Phi) is 7.55. The van der Waals surface area contributed by atoms with E-state index in [0.717, 1.165) is 13.1 Å². The molecule has 0 saturated carbocycles. The molecule has 2 aromatic rings. The summed E-state index contributed by atoms with van der Waals surface area (Å²) < 4.78 is 26.3. The average molecular weight is 411 g/mol. The Morgan fingerprint density at radius 1 is 1.22 bits per heavy atom. The van der Waals surface area contributed by atoms with Crippen molar-refractivity contribution in [3.8, 4) is 0 Å². The summed E-state index contributed by atoms with van der Waals surface area (Å²) in [6.45, 7) is 7.74. The lowest BCUT2D eigenvalue weighted by molar-refractivity contribution is -0.903. The molecule has 148 valence electrons. The molecule has 0 fully saturated rings. The molecule has 27 heavy (non-hydrogen) atoms. The molecule has 0 aliphatic heterocycles. The number of hydrogen-bond donors (Lipinski definition) is 2. The number of likely N-dealkylation sites (N-methyl/N-ethyl adjacent to an activating group) is 1. The lowest BCUT2D eigenvalue weighted by atomic mass is 10.3. The summed E-state index contributed by atoms with van der Waals surface area (Å²) in [5.74, 6) is -0.0849. The van der Waals surface area contributed by atoms with Crippen molar-refractivity contribution in [1.82, 2.24) is 4.31 Å². The van der Waals surface area contributed by atoms with Crippen molar-refractivity contribution in [1.29, 1.82) is 0 Å². The second-order valence-corrected chi connectivity index (χ2v) is 9.75. The largest absolute Gasteiger partial charge is 0.323 e. The molecule has 0 radical (unpaired) electrons. The van der Waals surface area contributed by atoms with Crippen molar-refractivity contribution in [2.24, 2.45) is 0 Å². The Morgan fingerprint density at radius 2 is 1.89 bits per heavy atom. The fourth-order valence-electron chi connectivity index (χ4n) is 2.56. The minimum absolute atomic E-state index is 0.0849. The smallest absolute Gasteiger partial charge is 0.279 e. The summed E-state index contributed by atoms with van der Waals surface area (Å²) in [7, 11) is -1.96. The van der Waals surface area contributed by atoms with Gasteiger partial charge in [0.05, 0.1) is 16.3 Å². The first-order valence-electron chi connectivity index (χ1n) is 8.98. The van der Waals surface area contributed by atoms with E-state index in [0.29, 0.717) is 12.2 Å². The number of sulfonamides is 1.